The molecular formula is C15H28N2O. The molecule has 1 aromatic heterocycles. The Morgan fingerprint density at radius 1 is 1.28 bits per heavy atom. The third kappa shape index (κ3) is 6.22. The highest BCUT2D eigenvalue weighted by molar-refractivity contribution is 5.05. The van der Waals surface area contributed by atoms with Crippen LogP contribution in [0, 0.1) is 12.8 Å². The second kappa shape index (κ2) is 7.59. The van der Waals surface area contributed by atoms with Crippen molar-refractivity contribution in [2.45, 2.75) is 52.6 Å². The van der Waals surface area contributed by atoms with Crippen LogP contribution in [0.15, 0.2) is 16.5 Å². The van der Waals surface area contributed by atoms with Crippen LogP contribution in [-0.2, 0) is 6.54 Å². The van der Waals surface area contributed by atoms with E-state index in [2.05, 4.69) is 31.9 Å². The van der Waals surface area contributed by atoms with Crippen molar-refractivity contribution in [2.75, 3.05) is 13.6 Å². The highest BCUT2D eigenvalue weighted by atomic mass is 16.3. The number of rotatable bonds is 8. The van der Waals surface area contributed by atoms with Crippen molar-refractivity contribution in [3.05, 3.63) is 23.7 Å². The van der Waals surface area contributed by atoms with E-state index in [9.17, 15) is 0 Å². The minimum absolute atomic E-state index is 0.334. The van der Waals surface area contributed by atoms with Gasteiger partial charge in [-0.2, -0.15) is 0 Å². The summed E-state index contributed by atoms with van der Waals surface area (Å²) in [5.41, 5.74) is 5.76. The van der Waals surface area contributed by atoms with Crippen molar-refractivity contribution in [2.24, 2.45) is 11.7 Å². The Bertz CT molecular complexity index is 333. The van der Waals surface area contributed by atoms with E-state index in [4.69, 9.17) is 10.2 Å². The number of hydrogen-bond acceptors (Lipinski definition) is 3. The Hall–Kier alpha value is -0.800. The fourth-order valence-corrected chi connectivity index (χ4v) is 2.31. The molecule has 3 nitrogen and oxygen atoms in total. The summed E-state index contributed by atoms with van der Waals surface area (Å²) in [6.07, 6.45) is 3.61. The summed E-state index contributed by atoms with van der Waals surface area (Å²) >= 11 is 0. The molecule has 0 saturated carbocycles. The van der Waals surface area contributed by atoms with Crippen molar-refractivity contribution in [1.82, 2.24) is 4.90 Å². The number of aryl methyl sites for hydroxylation is 1. The van der Waals surface area contributed by atoms with Crippen LogP contribution in [0.4, 0.5) is 0 Å². The quantitative estimate of drug-likeness (QED) is 0.772. The van der Waals surface area contributed by atoms with Crippen LogP contribution in [0.25, 0.3) is 0 Å². The van der Waals surface area contributed by atoms with Gasteiger partial charge in [-0.15, -0.1) is 0 Å². The van der Waals surface area contributed by atoms with Crippen LogP contribution in [-0.4, -0.2) is 24.5 Å². The maximum atomic E-state index is 5.76. The van der Waals surface area contributed by atoms with Crippen LogP contribution < -0.4 is 5.73 Å². The molecule has 1 aromatic rings. The molecule has 0 aliphatic carbocycles. The van der Waals surface area contributed by atoms with Crippen molar-refractivity contribution in [3.8, 4) is 0 Å². The molecule has 1 rings (SSSR count). The lowest BCUT2D eigenvalue weighted by Gasteiger charge is -2.20. The molecule has 0 fully saturated rings. The second-order valence-corrected chi connectivity index (χ2v) is 5.72. The molecule has 1 heterocycles. The summed E-state index contributed by atoms with van der Waals surface area (Å²) in [6, 6.07) is 4.42. The highest BCUT2D eigenvalue weighted by Gasteiger charge is 2.09. The zero-order chi connectivity index (χ0) is 13.5. The average Bonchev–Trinajstić information content (AvgIpc) is 2.62. The maximum absolute atomic E-state index is 5.76. The van der Waals surface area contributed by atoms with E-state index in [1.165, 1.54) is 12.8 Å². The van der Waals surface area contributed by atoms with Crippen molar-refractivity contribution in [3.63, 3.8) is 0 Å². The SMILES string of the molecule is Cc1ccc(CN(C)CC(C)CCCC(C)N)o1. The van der Waals surface area contributed by atoms with Crippen LogP contribution in [0.5, 0.6) is 0 Å². The monoisotopic (exact) mass is 252 g/mol. The predicted octanol–water partition coefficient (Wildman–Crippen LogP) is 3.17. The van der Waals surface area contributed by atoms with Gasteiger partial charge in [0.15, 0.2) is 0 Å². The summed E-state index contributed by atoms with van der Waals surface area (Å²) in [5.74, 6) is 2.76. The van der Waals surface area contributed by atoms with Gasteiger partial charge >= 0.3 is 0 Å². The van der Waals surface area contributed by atoms with Crippen LogP contribution >= 0.6 is 0 Å². The summed E-state index contributed by atoms with van der Waals surface area (Å²) < 4.78 is 5.59. The van der Waals surface area contributed by atoms with Crippen LogP contribution in [0.1, 0.15) is 44.6 Å². The Morgan fingerprint density at radius 2 is 2.00 bits per heavy atom. The van der Waals surface area contributed by atoms with E-state index < -0.39 is 0 Å². The first-order valence-corrected chi connectivity index (χ1v) is 6.96. The van der Waals surface area contributed by atoms with Gasteiger partial charge in [-0.25, -0.2) is 0 Å². The molecule has 0 amide bonds. The largest absolute Gasteiger partial charge is 0.465 e. The molecule has 2 N–H and O–H groups in total. The van der Waals surface area contributed by atoms with Gasteiger partial charge in [0.25, 0.3) is 0 Å². The molecule has 0 saturated heterocycles. The molecule has 0 aliphatic heterocycles. The molecule has 18 heavy (non-hydrogen) atoms. The lowest BCUT2D eigenvalue weighted by molar-refractivity contribution is 0.247. The summed E-state index contributed by atoms with van der Waals surface area (Å²) in [7, 11) is 2.15. The van der Waals surface area contributed by atoms with Gasteiger partial charge in [-0.3, -0.25) is 4.90 Å². The average molecular weight is 252 g/mol. The molecule has 0 aromatic carbocycles. The Labute approximate surface area is 111 Å². The molecule has 2 unspecified atom stereocenters. The van der Waals surface area contributed by atoms with Gasteiger partial charge in [0.05, 0.1) is 6.54 Å². The third-order valence-corrected chi connectivity index (χ3v) is 3.20. The van der Waals surface area contributed by atoms with Crippen LogP contribution in [0.2, 0.25) is 0 Å². The molecule has 0 aliphatic rings. The third-order valence-electron chi connectivity index (χ3n) is 3.20. The molecule has 0 spiro atoms. The van der Waals surface area contributed by atoms with E-state index in [-0.39, 0.29) is 0 Å². The summed E-state index contributed by atoms with van der Waals surface area (Å²) in [6.45, 7) is 8.38. The fraction of sp³-hybridized carbons (Fsp3) is 0.733. The van der Waals surface area contributed by atoms with Crippen LogP contribution in [0.3, 0.4) is 0 Å². The normalized spacial score (nSPS) is 15.0. The molecular weight excluding hydrogens is 224 g/mol. The molecule has 104 valence electrons. The first kappa shape index (κ1) is 15.3. The highest BCUT2D eigenvalue weighted by Crippen LogP contribution is 2.13. The van der Waals surface area contributed by atoms with Gasteiger partial charge in [0, 0.05) is 12.6 Å². The lowest BCUT2D eigenvalue weighted by Crippen LogP contribution is -2.24. The summed E-state index contributed by atoms with van der Waals surface area (Å²) in [4.78, 5) is 2.33. The van der Waals surface area contributed by atoms with E-state index >= 15 is 0 Å². The minimum Gasteiger partial charge on any atom is -0.465 e. The zero-order valence-electron chi connectivity index (χ0n) is 12.3. The second-order valence-electron chi connectivity index (χ2n) is 5.72. The van der Waals surface area contributed by atoms with Gasteiger partial charge in [-0.1, -0.05) is 13.3 Å². The topological polar surface area (TPSA) is 42.4 Å². The number of furan rings is 1. The lowest BCUT2D eigenvalue weighted by atomic mass is 10.0. The van der Waals surface area contributed by atoms with E-state index in [0.717, 1.165) is 31.0 Å². The number of hydrogen-bond donors (Lipinski definition) is 1. The van der Waals surface area contributed by atoms with E-state index in [1.807, 2.05) is 13.0 Å². The Morgan fingerprint density at radius 3 is 2.56 bits per heavy atom. The van der Waals surface area contributed by atoms with Crippen molar-refractivity contribution in [1.29, 1.82) is 0 Å². The van der Waals surface area contributed by atoms with Crippen molar-refractivity contribution < 1.29 is 4.42 Å². The van der Waals surface area contributed by atoms with Gasteiger partial charge in [0.2, 0.25) is 0 Å². The minimum atomic E-state index is 0.334. The van der Waals surface area contributed by atoms with Gasteiger partial charge in [-0.05, 0) is 51.8 Å². The molecule has 3 heteroatoms. The number of nitrogens with two attached hydrogens (primary N) is 1. The van der Waals surface area contributed by atoms with Gasteiger partial charge < -0.3 is 10.2 Å². The zero-order valence-corrected chi connectivity index (χ0v) is 12.3. The maximum Gasteiger partial charge on any atom is 0.118 e. The first-order chi connectivity index (χ1) is 8.47. The van der Waals surface area contributed by atoms with E-state index in [0.29, 0.717) is 12.0 Å². The molecule has 0 radical (unpaired) electrons. The predicted molar refractivity (Wildman–Crippen MR) is 76.4 cm³/mol. The molecule has 2 atom stereocenters. The Kier molecular flexibility index (Phi) is 6.44. The van der Waals surface area contributed by atoms with Gasteiger partial charge in [0.1, 0.15) is 11.5 Å². The standard InChI is InChI=1S/C15H28N2O/c1-12(6-5-7-13(2)16)10-17(4)11-15-9-8-14(3)18-15/h8-9,12-13H,5-7,10-11,16H2,1-4H3. The van der Waals surface area contributed by atoms with Crippen molar-refractivity contribution >= 4 is 0 Å². The smallest absolute Gasteiger partial charge is 0.118 e. The molecule has 0 bridgehead atoms. The van der Waals surface area contributed by atoms with E-state index in [1.54, 1.807) is 0 Å². The summed E-state index contributed by atoms with van der Waals surface area (Å²) in [5, 5.41) is 0. The first-order valence-electron chi connectivity index (χ1n) is 6.96. The fourth-order valence-electron chi connectivity index (χ4n) is 2.31. The Balaban J connectivity index is 2.20. The number of nitrogens with zero attached hydrogens (tertiary/aromatic N) is 1.